The van der Waals surface area contributed by atoms with Gasteiger partial charge in [0.15, 0.2) is 0 Å². The van der Waals surface area contributed by atoms with Gasteiger partial charge in [-0.2, -0.15) is 0 Å². The molecule has 0 bridgehead atoms. The molecular weight excluding hydrogens is 448 g/mol. The van der Waals surface area contributed by atoms with Crippen LogP contribution in [0.1, 0.15) is 56.1 Å². The largest absolute Gasteiger partial charge is 0.481 e. The van der Waals surface area contributed by atoms with Gasteiger partial charge in [0.05, 0.1) is 6.42 Å². The summed E-state index contributed by atoms with van der Waals surface area (Å²) in [6, 6.07) is 14.8. The quantitative estimate of drug-likeness (QED) is 0.371. The number of amides is 2. The Labute approximate surface area is 206 Å². The van der Waals surface area contributed by atoms with E-state index in [1.54, 1.807) is 7.11 Å². The van der Waals surface area contributed by atoms with E-state index in [2.05, 4.69) is 22.8 Å². The second-order valence-corrected chi connectivity index (χ2v) is 8.75. The molecule has 2 unspecified atom stereocenters. The van der Waals surface area contributed by atoms with Crippen molar-refractivity contribution in [2.45, 2.75) is 57.0 Å². The minimum atomic E-state index is -0.982. The van der Waals surface area contributed by atoms with Gasteiger partial charge in [0, 0.05) is 25.7 Å². The van der Waals surface area contributed by atoms with Crippen molar-refractivity contribution in [2.75, 3.05) is 20.3 Å². The van der Waals surface area contributed by atoms with Gasteiger partial charge < -0.3 is 25.2 Å². The Bertz CT molecular complexity index is 979. The van der Waals surface area contributed by atoms with Gasteiger partial charge in [0.2, 0.25) is 5.91 Å². The summed E-state index contributed by atoms with van der Waals surface area (Å²) in [5.41, 5.74) is 4.47. The van der Waals surface area contributed by atoms with Crippen molar-refractivity contribution in [3.8, 4) is 11.1 Å². The molecule has 0 aromatic heterocycles. The number of fused-ring (bicyclic) bond motifs is 3. The van der Waals surface area contributed by atoms with E-state index in [0.29, 0.717) is 25.9 Å². The minimum absolute atomic E-state index is 0.0848. The van der Waals surface area contributed by atoms with E-state index in [-0.39, 0.29) is 18.9 Å². The molecule has 1 aliphatic carbocycles. The van der Waals surface area contributed by atoms with Gasteiger partial charge in [-0.3, -0.25) is 9.59 Å². The normalized spacial score (nSPS) is 13.9. The highest BCUT2D eigenvalue weighted by molar-refractivity contribution is 5.86. The second kappa shape index (κ2) is 12.9. The summed E-state index contributed by atoms with van der Waals surface area (Å²) < 4.78 is 10.7. The molecular formula is C27H34N2O6. The maximum Gasteiger partial charge on any atom is 0.407 e. The predicted molar refractivity (Wildman–Crippen MR) is 132 cm³/mol. The molecule has 0 aliphatic heterocycles. The van der Waals surface area contributed by atoms with Crippen molar-refractivity contribution < 1.29 is 29.0 Å². The number of rotatable bonds is 13. The number of ether oxygens (including phenoxy) is 2. The summed E-state index contributed by atoms with van der Waals surface area (Å²) in [5.74, 6) is -1.49. The van der Waals surface area contributed by atoms with Gasteiger partial charge in [0.1, 0.15) is 12.6 Å². The van der Waals surface area contributed by atoms with Crippen LogP contribution >= 0.6 is 0 Å². The highest BCUT2D eigenvalue weighted by Gasteiger charge is 2.30. The first-order valence-electron chi connectivity index (χ1n) is 12.1. The molecule has 35 heavy (non-hydrogen) atoms. The molecule has 1 aliphatic rings. The van der Waals surface area contributed by atoms with E-state index >= 15 is 0 Å². The number of carboxylic acid groups (broad SMARTS) is 1. The molecule has 8 nitrogen and oxygen atoms in total. The topological polar surface area (TPSA) is 114 Å². The summed E-state index contributed by atoms with van der Waals surface area (Å²) in [7, 11) is 1.57. The molecule has 2 atom stereocenters. The van der Waals surface area contributed by atoms with Gasteiger partial charge in [0.25, 0.3) is 0 Å². The number of carboxylic acids is 1. The summed E-state index contributed by atoms with van der Waals surface area (Å²) in [6.07, 6.45) is 1.30. The van der Waals surface area contributed by atoms with Gasteiger partial charge in [-0.25, -0.2) is 4.79 Å². The van der Waals surface area contributed by atoms with Crippen LogP contribution in [0.15, 0.2) is 48.5 Å². The van der Waals surface area contributed by atoms with Crippen molar-refractivity contribution >= 4 is 18.0 Å². The van der Waals surface area contributed by atoms with Crippen LogP contribution in [0.4, 0.5) is 4.79 Å². The number of carbonyl (C=O) groups is 3. The molecule has 0 heterocycles. The second-order valence-electron chi connectivity index (χ2n) is 8.75. The lowest BCUT2D eigenvalue weighted by atomic mass is 9.98. The molecule has 0 spiro atoms. The molecule has 3 rings (SSSR count). The Kier molecular flexibility index (Phi) is 9.66. The molecule has 0 fully saturated rings. The standard InChI is InChI=1S/C27H34N2O6/c1-3-9-18(16-25(30)31)28-26(32)24(14-8-15-34-2)29-27(33)35-17-23-21-12-6-4-10-19(21)20-11-5-7-13-22(20)23/h4-7,10-13,18,23-24H,3,8-9,14-17H2,1-2H3,(H,28,32)(H,29,33)(H,30,31). The maximum atomic E-state index is 12.9. The van der Waals surface area contributed by atoms with E-state index < -0.39 is 30.1 Å². The fourth-order valence-corrected chi connectivity index (χ4v) is 4.57. The van der Waals surface area contributed by atoms with E-state index in [9.17, 15) is 14.4 Å². The smallest absolute Gasteiger partial charge is 0.407 e. The van der Waals surface area contributed by atoms with Crippen LogP contribution in [-0.2, 0) is 19.1 Å². The maximum absolute atomic E-state index is 12.9. The lowest BCUT2D eigenvalue weighted by molar-refractivity contribution is -0.137. The van der Waals surface area contributed by atoms with Crippen LogP contribution in [0.2, 0.25) is 0 Å². The number of hydrogen-bond donors (Lipinski definition) is 3. The molecule has 2 amide bonds. The number of aliphatic carboxylic acids is 1. The zero-order chi connectivity index (χ0) is 25.2. The van der Waals surface area contributed by atoms with Gasteiger partial charge in [-0.05, 0) is 41.5 Å². The highest BCUT2D eigenvalue weighted by atomic mass is 16.5. The first-order chi connectivity index (χ1) is 16.9. The van der Waals surface area contributed by atoms with Crippen molar-refractivity contribution in [1.29, 1.82) is 0 Å². The summed E-state index contributed by atoms with van der Waals surface area (Å²) >= 11 is 0. The molecule has 0 saturated carbocycles. The van der Waals surface area contributed by atoms with Crippen molar-refractivity contribution in [1.82, 2.24) is 10.6 Å². The molecule has 0 saturated heterocycles. The molecule has 0 radical (unpaired) electrons. The number of hydrogen-bond acceptors (Lipinski definition) is 5. The highest BCUT2D eigenvalue weighted by Crippen LogP contribution is 2.44. The molecule has 2 aromatic carbocycles. The van der Waals surface area contributed by atoms with Gasteiger partial charge in [-0.1, -0.05) is 61.9 Å². The van der Waals surface area contributed by atoms with E-state index in [1.807, 2.05) is 43.3 Å². The Morgan fingerprint density at radius 1 is 0.971 bits per heavy atom. The van der Waals surface area contributed by atoms with Crippen molar-refractivity contribution in [3.05, 3.63) is 59.7 Å². The molecule has 2 aromatic rings. The number of methoxy groups -OCH3 is 1. The Morgan fingerprint density at radius 2 is 1.60 bits per heavy atom. The summed E-state index contributed by atoms with van der Waals surface area (Å²) in [4.78, 5) is 36.8. The van der Waals surface area contributed by atoms with Crippen LogP contribution < -0.4 is 10.6 Å². The number of benzene rings is 2. The Hall–Kier alpha value is -3.39. The zero-order valence-corrected chi connectivity index (χ0v) is 20.3. The monoisotopic (exact) mass is 482 g/mol. The number of alkyl carbamates (subject to hydrolysis) is 1. The summed E-state index contributed by atoms with van der Waals surface area (Å²) in [5, 5.41) is 14.6. The van der Waals surface area contributed by atoms with E-state index in [4.69, 9.17) is 14.6 Å². The fraction of sp³-hybridized carbons (Fsp3) is 0.444. The third kappa shape index (κ3) is 7.05. The van der Waals surface area contributed by atoms with Crippen LogP contribution in [0.3, 0.4) is 0 Å². The van der Waals surface area contributed by atoms with Crippen LogP contribution in [0.25, 0.3) is 11.1 Å². The van der Waals surface area contributed by atoms with E-state index in [1.165, 1.54) is 0 Å². The Morgan fingerprint density at radius 3 is 2.17 bits per heavy atom. The molecule has 8 heteroatoms. The van der Waals surface area contributed by atoms with Crippen LogP contribution in [0.5, 0.6) is 0 Å². The Balaban J connectivity index is 1.64. The zero-order valence-electron chi connectivity index (χ0n) is 20.3. The SMILES string of the molecule is CCCC(CC(=O)O)NC(=O)C(CCCOC)NC(=O)OCC1c2ccccc2-c2ccccc21. The van der Waals surface area contributed by atoms with Gasteiger partial charge >= 0.3 is 12.1 Å². The number of carbonyl (C=O) groups excluding carboxylic acids is 2. The van der Waals surface area contributed by atoms with E-state index in [0.717, 1.165) is 28.7 Å². The summed E-state index contributed by atoms with van der Waals surface area (Å²) in [6.45, 7) is 2.50. The first kappa shape index (κ1) is 26.2. The first-order valence-corrected chi connectivity index (χ1v) is 12.1. The third-order valence-electron chi connectivity index (χ3n) is 6.20. The van der Waals surface area contributed by atoms with Crippen LogP contribution in [-0.4, -0.2) is 55.5 Å². The lowest BCUT2D eigenvalue weighted by Gasteiger charge is -2.23. The average molecular weight is 483 g/mol. The average Bonchev–Trinajstić information content (AvgIpc) is 3.15. The minimum Gasteiger partial charge on any atom is -0.481 e. The van der Waals surface area contributed by atoms with Gasteiger partial charge in [-0.15, -0.1) is 0 Å². The predicted octanol–water partition coefficient (Wildman–Crippen LogP) is 4.08. The number of nitrogens with one attached hydrogen (secondary N) is 2. The fourth-order valence-electron chi connectivity index (χ4n) is 4.57. The molecule has 3 N–H and O–H groups in total. The van der Waals surface area contributed by atoms with Crippen LogP contribution in [0, 0.1) is 0 Å². The van der Waals surface area contributed by atoms with Crippen molar-refractivity contribution in [3.63, 3.8) is 0 Å². The lowest BCUT2D eigenvalue weighted by Crippen LogP contribution is -2.50. The molecule has 188 valence electrons. The third-order valence-corrected chi connectivity index (χ3v) is 6.20. The van der Waals surface area contributed by atoms with Crippen molar-refractivity contribution in [2.24, 2.45) is 0 Å².